The first-order chi connectivity index (χ1) is 9.65. The molecule has 1 fully saturated rings. The first-order valence-corrected chi connectivity index (χ1v) is 6.57. The third-order valence-corrected chi connectivity index (χ3v) is 3.47. The Labute approximate surface area is 115 Å². The maximum atomic E-state index is 11.6. The minimum absolute atomic E-state index is 0.0941. The van der Waals surface area contributed by atoms with Gasteiger partial charge in [0, 0.05) is 24.2 Å². The highest BCUT2D eigenvalue weighted by Gasteiger charge is 2.14. The van der Waals surface area contributed by atoms with Crippen LogP contribution in [0.15, 0.2) is 33.5 Å². The van der Waals surface area contributed by atoms with Crippen molar-refractivity contribution >= 4 is 22.4 Å². The molecule has 0 radical (unpaired) electrons. The van der Waals surface area contributed by atoms with Crippen molar-refractivity contribution in [2.45, 2.75) is 6.92 Å². The summed E-state index contributed by atoms with van der Waals surface area (Å²) < 4.78 is 10.5. The van der Waals surface area contributed by atoms with Gasteiger partial charge < -0.3 is 14.1 Å². The molecule has 2 aromatic rings. The summed E-state index contributed by atoms with van der Waals surface area (Å²) in [6, 6.07) is 7.24. The van der Waals surface area contributed by atoms with E-state index in [4.69, 9.17) is 9.15 Å². The fourth-order valence-corrected chi connectivity index (χ4v) is 2.37. The van der Waals surface area contributed by atoms with Crippen LogP contribution in [0.2, 0.25) is 0 Å². The lowest BCUT2D eigenvalue weighted by Crippen LogP contribution is -2.36. The topological polar surface area (TPSA) is 59.8 Å². The molecule has 0 unspecified atom stereocenters. The molecular formula is C15H15NO4. The van der Waals surface area contributed by atoms with Crippen LogP contribution in [0.4, 0.5) is 5.69 Å². The van der Waals surface area contributed by atoms with E-state index in [9.17, 15) is 9.59 Å². The van der Waals surface area contributed by atoms with Crippen LogP contribution in [0.25, 0.3) is 11.0 Å². The molecule has 5 heteroatoms. The summed E-state index contributed by atoms with van der Waals surface area (Å²) in [6.45, 7) is 4.45. The van der Waals surface area contributed by atoms with Crippen molar-refractivity contribution in [1.82, 2.24) is 0 Å². The second-order valence-corrected chi connectivity index (χ2v) is 4.83. The second kappa shape index (κ2) is 5.09. The van der Waals surface area contributed by atoms with Crippen molar-refractivity contribution in [3.8, 4) is 0 Å². The van der Waals surface area contributed by atoms with Crippen molar-refractivity contribution < 1.29 is 13.9 Å². The fourth-order valence-electron chi connectivity index (χ4n) is 2.37. The van der Waals surface area contributed by atoms with E-state index < -0.39 is 5.63 Å². The molecule has 5 nitrogen and oxygen atoms in total. The number of carbonyl (C=O) groups excluding carboxylic acids is 1. The number of ketones is 1. The molecule has 0 atom stereocenters. The molecule has 104 valence electrons. The Morgan fingerprint density at radius 2 is 1.95 bits per heavy atom. The molecular weight excluding hydrogens is 258 g/mol. The largest absolute Gasteiger partial charge is 0.422 e. The standard InChI is InChI=1S/C15H15NO4/c1-10(17)13-9-11-8-12(16-4-6-19-7-5-16)2-3-14(11)20-15(13)18/h2-3,8-9H,4-7H2,1H3. The maximum absolute atomic E-state index is 11.6. The zero-order chi connectivity index (χ0) is 14.1. The number of anilines is 1. The number of fused-ring (bicyclic) bond motifs is 1. The smallest absolute Gasteiger partial charge is 0.347 e. The van der Waals surface area contributed by atoms with Gasteiger partial charge in [-0.25, -0.2) is 4.79 Å². The zero-order valence-electron chi connectivity index (χ0n) is 11.2. The number of carbonyl (C=O) groups is 1. The lowest BCUT2D eigenvalue weighted by atomic mass is 10.1. The van der Waals surface area contributed by atoms with Crippen LogP contribution in [0, 0.1) is 0 Å². The van der Waals surface area contributed by atoms with E-state index in [2.05, 4.69) is 4.90 Å². The van der Waals surface area contributed by atoms with Crippen LogP contribution in [-0.4, -0.2) is 32.1 Å². The summed E-state index contributed by atoms with van der Waals surface area (Å²) in [5, 5.41) is 0.763. The molecule has 1 aromatic heterocycles. The average Bonchev–Trinajstić information content (AvgIpc) is 2.47. The molecule has 1 aliphatic rings. The number of hydrogen-bond acceptors (Lipinski definition) is 5. The normalized spacial score (nSPS) is 15.6. The molecule has 20 heavy (non-hydrogen) atoms. The first-order valence-electron chi connectivity index (χ1n) is 6.57. The Kier molecular flexibility index (Phi) is 3.28. The Morgan fingerprint density at radius 3 is 2.65 bits per heavy atom. The third kappa shape index (κ3) is 2.32. The van der Waals surface area contributed by atoms with Gasteiger partial charge in [0.2, 0.25) is 0 Å². The highest BCUT2D eigenvalue weighted by molar-refractivity contribution is 5.96. The van der Waals surface area contributed by atoms with Gasteiger partial charge in [-0.15, -0.1) is 0 Å². The number of Topliss-reactive ketones (excluding diaryl/α,β-unsaturated/α-hetero) is 1. The summed E-state index contributed by atoms with van der Waals surface area (Å²) in [5.74, 6) is -0.280. The van der Waals surface area contributed by atoms with Gasteiger partial charge in [-0.1, -0.05) is 0 Å². The summed E-state index contributed by atoms with van der Waals surface area (Å²) >= 11 is 0. The number of hydrogen-bond donors (Lipinski definition) is 0. The molecule has 0 spiro atoms. The average molecular weight is 273 g/mol. The van der Waals surface area contributed by atoms with E-state index in [-0.39, 0.29) is 11.3 Å². The van der Waals surface area contributed by atoms with E-state index in [1.165, 1.54) is 6.92 Å². The molecule has 0 aliphatic carbocycles. The number of morpholine rings is 1. The number of benzene rings is 1. The maximum Gasteiger partial charge on any atom is 0.347 e. The van der Waals surface area contributed by atoms with Crippen LogP contribution in [0.3, 0.4) is 0 Å². The molecule has 1 aliphatic heterocycles. The molecule has 0 saturated carbocycles. The van der Waals surface area contributed by atoms with Crippen LogP contribution < -0.4 is 10.5 Å². The van der Waals surface area contributed by atoms with E-state index in [0.717, 1.165) is 24.2 Å². The van der Waals surface area contributed by atoms with Crippen molar-refractivity contribution in [3.63, 3.8) is 0 Å². The SMILES string of the molecule is CC(=O)c1cc2cc(N3CCOCC3)ccc2oc1=O. The number of ether oxygens (including phenoxy) is 1. The van der Waals surface area contributed by atoms with Gasteiger partial charge in [0.15, 0.2) is 5.78 Å². The van der Waals surface area contributed by atoms with Crippen molar-refractivity contribution in [2.24, 2.45) is 0 Å². The van der Waals surface area contributed by atoms with E-state index in [0.29, 0.717) is 18.8 Å². The van der Waals surface area contributed by atoms with Crippen LogP contribution in [0.1, 0.15) is 17.3 Å². The Morgan fingerprint density at radius 1 is 1.20 bits per heavy atom. The molecule has 0 amide bonds. The first kappa shape index (κ1) is 12.9. The van der Waals surface area contributed by atoms with E-state index in [1.54, 1.807) is 12.1 Å². The van der Waals surface area contributed by atoms with Gasteiger partial charge in [0.05, 0.1) is 13.2 Å². The minimum Gasteiger partial charge on any atom is -0.422 e. The lowest BCUT2D eigenvalue weighted by molar-refractivity contribution is 0.101. The number of nitrogens with zero attached hydrogens (tertiary/aromatic N) is 1. The van der Waals surface area contributed by atoms with Crippen molar-refractivity contribution in [1.29, 1.82) is 0 Å². The minimum atomic E-state index is -0.580. The highest BCUT2D eigenvalue weighted by atomic mass is 16.5. The van der Waals surface area contributed by atoms with Gasteiger partial charge in [-0.3, -0.25) is 4.79 Å². The molecule has 1 saturated heterocycles. The highest BCUT2D eigenvalue weighted by Crippen LogP contribution is 2.22. The predicted octanol–water partition coefficient (Wildman–Crippen LogP) is 1.83. The molecule has 1 aromatic carbocycles. The van der Waals surface area contributed by atoms with Crippen molar-refractivity contribution in [2.75, 3.05) is 31.2 Å². The van der Waals surface area contributed by atoms with Gasteiger partial charge in [0.25, 0.3) is 0 Å². The quantitative estimate of drug-likeness (QED) is 0.617. The molecule has 0 N–H and O–H groups in total. The van der Waals surface area contributed by atoms with E-state index >= 15 is 0 Å². The zero-order valence-corrected chi connectivity index (χ0v) is 11.2. The monoisotopic (exact) mass is 273 g/mol. The third-order valence-electron chi connectivity index (χ3n) is 3.47. The molecule has 3 rings (SSSR count). The number of rotatable bonds is 2. The van der Waals surface area contributed by atoms with Crippen LogP contribution >= 0.6 is 0 Å². The van der Waals surface area contributed by atoms with Gasteiger partial charge in [-0.05, 0) is 31.2 Å². The van der Waals surface area contributed by atoms with Gasteiger partial charge in [-0.2, -0.15) is 0 Å². The summed E-state index contributed by atoms with van der Waals surface area (Å²) in [5.41, 5.74) is 1.06. The fraction of sp³-hybridized carbons (Fsp3) is 0.333. The summed E-state index contributed by atoms with van der Waals surface area (Å²) in [6.07, 6.45) is 0. The summed E-state index contributed by atoms with van der Waals surface area (Å²) in [7, 11) is 0. The molecule has 0 bridgehead atoms. The Hall–Kier alpha value is -2.14. The second-order valence-electron chi connectivity index (χ2n) is 4.83. The predicted molar refractivity (Wildman–Crippen MR) is 75.5 cm³/mol. The van der Waals surface area contributed by atoms with Gasteiger partial charge in [0.1, 0.15) is 11.1 Å². The summed E-state index contributed by atoms with van der Waals surface area (Å²) in [4.78, 5) is 25.3. The lowest BCUT2D eigenvalue weighted by Gasteiger charge is -2.28. The Balaban J connectivity index is 2.07. The van der Waals surface area contributed by atoms with Crippen molar-refractivity contribution in [3.05, 3.63) is 40.2 Å². The van der Waals surface area contributed by atoms with Gasteiger partial charge >= 0.3 is 5.63 Å². The molecule has 2 heterocycles. The van der Waals surface area contributed by atoms with Crippen LogP contribution in [-0.2, 0) is 4.74 Å². The Bertz CT molecular complexity index is 713. The van der Waals surface area contributed by atoms with Crippen LogP contribution in [0.5, 0.6) is 0 Å². The van der Waals surface area contributed by atoms with E-state index in [1.807, 2.05) is 12.1 Å².